The van der Waals surface area contributed by atoms with Gasteiger partial charge in [-0.05, 0) is 30.7 Å². The zero-order chi connectivity index (χ0) is 11.5. The molecule has 0 atom stereocenters. The van der Waals surface area contributed by atoms with Gasteiger partial charge in [-0.2, -0.15) is 0 Å². The maximum absolute atomic E-state index is 12.6. The van der Waals surface area contributed by atoms with E-state index in [9.17, 15) is 14.0 Å². The lowest BCUT2D eigenvalue weighted by Gasteiger charge is -2.13. The van der Waals surface area contributed by atoms with Crippen LogP contribution in [0, 0.1) is 5.82 Å². The number of amides is 1. The van der Waals surface area contributed by atoms with Crippen molar-refractivity contribution in [3.63, 3.8) is 0 Å². The molecular weight excluding hydrogens is 209 g/mol. The Kier molecular flexibility index (Phi) is 2.99. The lowest BCUT2D eigenvalue weighted by molar-refractivity contribution is -0.127. The van der Waals surface area contributed by atoms with Crippen molar-refractivity contribution >= 4 is 11.7 Å². The van der Waals surface area contributed by atoms with Gasteiger partial charge in [0.15, 0.2) is 5.78 Å². The maximum Gasteiger partial charge on any atom is 0.223 e. The quantitative estimate of drug-likeness (QED) is 0.727. The molecule has 1 aromatic carbocycles. The Hall–Kier alpha value is -1.71. The molecular formula is C12H12FNO2. The Bertz CT molecular complexity index is 414. The first-order valence-electron chi connectivity index (χ1n) is 5.23. The average molecular weight is 221 g/mol. The Morgan fingerprint density at radius 1 is 1.31 bits per heavy atom. The maximum atomic E-state index is 12.6. The molecule has 0 saturated carbocycles. The van der Waals surface area contributed by atoms with Gasteiger partial charge in [-0.15, -0.1) is 0 Å². The topological polar surface area (TPSA) is 37.4 Å². The number of carbonyl (C=O) groups excluding carboxylic acids is 2. The van der Waals surface area contributed by atoms with E-state index in [4.69, 9.17) is 0 Å². The molecule has 0 N–H and O–H groups in total. The highest BCUT2D eigenvalue weighted by atomic mass is 19.1. The lowest BCUT2D eigenvalue weighted by atomic mass is 10.1. The van der Waals surface area contributed by atoms with E-state index in [0.29, 0.717) is 18.5 Å². The first-order chi connectivity index (χ1) is 7.66. The van der Waals surface area contributed by atoms with Crippen molar-refractivity contribution in [3.05, 3.63) is 35.6 Å². The number of carbonyl (C=O) groups is 2. The van der Waals surface area contributed by atoms with Crippen LogP contribution < -0.4 is 0 Å². The minimum absolute atomic E-state index is 0.0236. The third-order valence-corrected chi connectivity index (χ3v) is 2.67. The number of Topliss-reactive ketones (excluding diaryl/α,β-unsaturated/α-hetero) is 1. The SMILES string of the molecule is O=C(CN1CCCC1=O)c1ccc(F)cc1. The van der Waals surface area contributed by atoms with Crippen molar-refractivity contribution < 1.29 is 14.0 Å². The van der Waals surface area contributed by atoms with Crippen LogP contribution in [0.5, 0.6) is 0 Å². The largest absolute Gasteiger partial charge is 0.335 e. The van der Waals surface area contributed by atoms with Crippen LogP contribution in [0.15, 0.2) is 24.3 Å². The minimum atomic E-state index is -0.367. The summed E-state index contributed by atoms with van der Waals surface area (Å²) in [5, 5.41) is 0. The van der Waals surface area contributed by atoms with Gasteiger partial charge in [0.05, 0.1) is 6.54 Å². The Labute approximate surface area is 92.9 Å². The van der Waals surface area contributed by atoms with Gasteiger partial charge in [0, 0.05) is 18.5 Å². The monoisotopic (exact) mass is 221 g/mol. The van der Waals surface area contributed by atoms with Crippen molar-refractivity contribution in [1.82, 2.24) is 4.90 Å². The fourth-order valence-electron chi connectivity index (χ4n) is 1.77. The van der Waals surface area contributed by atoms with Gasteiger partial charge in [-0.1, -0.05) is 0 Å². The molecule has 16 heavy (non-hydrogen) atoms. The normalized spacial score (nSPS) is 15.6. The molecule has 0 spiro atoms. The summed E-state index contributed by atoms with van der Waals surface area (Å²) in [7, 11) is 0. The summed E-state index contributed by atoms with van der Waals surface area (Å²) in [6.07, 6.45) is 1.34. The van der Waals surface area contributed by atoms with E-state index in [2.05, 4.69) is 0 Å². The number of rotatable bonds is 3. The van der Waals surface area contributed by atoms with Crippen LogP contribution in [0.4, 0.5) is 4.39 Å². The molecule has 1 aliphatic rings. The number of halogens is 1. The molecule has 1 fully saturated rings. The number of hydrogen-bond acceptors (Lipinski definition) is 2. The van der Waals surface area contributed by atoms with E-state index in [-0.39, 0.29) is 24.1 Å². The van der Waals surface area contributed by atoms with Crippen LogP contribution in [0.25, 0.3) is 0 Å². The fourth-order valence-corrected chi connectivity index (χ4v) is 1.77. The summed E-state index contributed by atoms with van der Waals surface area (Å²) in [6.45, 7) is 0.746. The highest BCUT2D eigenvalue weighted by molar-refractivity contribution is 5.99. The fraction of sp³-hybridized carbons (Fsp3) is 0.333. The highest BCUT2D eigenvalue weighted by Crippen LogP contribution is 2.11. The van der Waals surface area contributed by atoms with Gasteiger partial charge < -0.3 is 4.90 Å². The standard InChI is InChI=1S/C12H12FNO2/c13-10-5-3-9(4-6-10)11(15)8-14-7-1-2-12(14)16/h3-6H,1-2,7-8H2. The second-order valence-electron chi connectivity index (χ2n) is 3.85. The zero-order valence-corrected chi connectivity index (χ0v) is 8.78. The predicted molar refractivity (Wildman–Crippen MR) is 56.5 cm³/mol. The number of nitrogens with zero attached hydrogens (tertiary/aromatic N) is 1. The van der Waals surface area contributed by atoms with Gasteiger partial charge in [0.2, 0.25) is 5.91 Å². The molecule has 1 heterocycles. The number of hydrogen-bond donors (Lipinski definition) is 0. The molecule has 1 aliphatic heterocycles. The number of likely N-dealkylation sites (tertiary alicyclic amines) is 1. The van der Waals surface area contributed by atoms with E-state index < -0.39 is 0 Å². The average Bonchev–Trinajstić information content (AvgIpc) is 2.65. The summed E-state index contributed by atoms with van der Waals surface area (Å²) in [6, 6.07) is 5.38. The molecule has 3 nitrogen and oxygen atoms in total. The van der Waals surface area contributed by atoms with Crippen LogP contribution in [0.2, 0.25) is 0 Å². The number of ketones is 1. The van der Waals surface area contributed by atoms with E-state index in [0.717, 1.165) is 6.42 Å². The van der Waals surface area contributed by atoms with Gasteiger partial charge in [-0.25, -0.2) is 4.39 Å². The first kappa shape index (κ1) is 10.8. The van der Waals surface area contributed by atoms with Gasteiger partial charge in [0.1, 0.15) is 5.82 Å². The van der Waals surface area contributed by atoms with Gasteiger partial charge in [-0.3, -0.25) is 9.59 Å². The molecule has 0 aromatic heterocycles. The van der Waals surface area contributed by atoms with Gasteiger partial charge in [0.25, 0.3) is 0 Å². The molecule has 0 radical (unpaired) electrons. The van der Waals surface area contributed by atoms with Crippen molar-refractivity contribution in [3.8, 4) is 0 Å². The van der Waals surface area contributed by atoms with E-state index >= 15 is 0 Å². The van der Waals surface area contributed by atoms with Crippen molar-refractivity contribution in [2.75, 3.05) is 13.1 Å². The summed E-state index contributed by atoms with van der Waals surface area (Å²) < 4.78 is 12.6. The van der Waals surface area contributed by atoms with E-state index in [1.165, 1.54) is 24.3 Å². The number of benzene rings is 1. The third-order valence-electron chi connectivity index (χ3n) is 2.67. The summed E-state index contributed by atoms with van der Waals surface area (Å²) >= 11 is 0. The molecule has 0 bridgehead atoms. The highest BCUT2D eigenvalue weighted by Gasteiger charge is 2.22. The van der Waals surface area contributed by atoms with E-state index in [1.807, 2.05) is 0 Å². The van der Waals surface area contributed by atoms with Crippen LogP contribution in [0.1, 0.15) is 23.2 Å². The molecule has 4 heteroatoms. The first-order valence-corrected chi connectivity index (χ1v) is 5.23. The van der Waals surface area contributed by atoms with Crippen LogP contribution in [0.3, 0.4) is 0 Å². The lowest BCUT2D eigenvalue weighted by Crippen LogP contribution is -2.30. The Morgan fingerprint density at radius 3 is 2.56 bits per heavy atom. The third kappa shape index (κ3) is 2.27. The van der Waals surface area contributed by atoms with Crippen molar-refractivity contribution in [1.29, 1.82) is 0 Å². The summed E-state index contributed by atoms with van der Waals surface area (Å²) in [5.74, 6) is -0.487. The van der Waals surface area contributed by atoms with Crippen molar-refractivity contribution in [2.45, 2.75) is 12.8 Å². The molecule has 84 valence electrons. The summed E-state index contributed by atoms with van der Waals surface area (Å²) in [4.78, 5) is 24.6. The van der Waals surface area contributed by atoms with Crippen LogP contribution >= 0.6 is 0 Å². The zero-order valence-electron chi connectivity index (χ0n) is 8.78. The second-order valence-corrected chi connectivity index (χ2v) is 3.85. The van der Waals surface area contributed by atoms with Crippen LogP contribution in [-0.4, -0.2) is 29.7 Å². The Balaban J connectivity index is 2.02. The molecule has 1 saturated heterocycles. The molecule has 1 aromatic rings. The van der Waals surface area contributed by atoms with Crippen LogP contribution in [-0.2, 0) is 4.79 Å². The summed E-state index contributed by atoms with van der Waals surface area (Å²) in [5.41, 5.74) is 0.445. The predicted octanol–water partition coefficient (Wildman–Crippen LogP) is 1.63. The van der Waals surface area contributed by atoms with Gasteiger partial charge >= 0.3 is 0 Å². The molecule has 2 rings (SSSR count). The second kappa shape index (κ2) is 4.43. The smallest absolute Gasteiger partial charge is 0.223 e. The minimum Gasteiger partial charge on any atom is -0.335 e. The Morgan fingerprint density at radius 2 is 2.00 bits per heavy atom. The van der Waals surface area contributed by atoms with Crippen molar-refractivity contribution in [2.24, 2.45) is 0 Å². The van der Waals surface area contributed by atoms with E-state index in [1.54, 1.807) is 4.90 Å². The molecule has 1 amide bonds. The molecule has 0 unspecified atom stereocenters. The molecule has 0 aliphatic carbocycles.